The van der Waals surface area contributed by atoms with Gasteiger partial charge >= 0.3 is 0 Å². The number of benzene rings is 2. The number of rotatable bonds is 4. The molecule has 0 saturated carbocycles. The Hall–Kier alpha value is -2.06. The van der Waals surface area contributed by atoms with Crippen LogP contribution in [0, 0.1) is 0 Å². The Balaban J connectivity index is 2.02. The molecule has 2 nitrogen and oxygen atoms in total. The van der Waals surface area contributed by atoms with E-state index < -0.39 is 0 Å². The van der Waals surface area contributed by atoms with Gasteiger partial charge in [0.25, 0.3) is 0 Å². The van der Waals surface area contributed by atoms with Crippen LogP contribution in [0.5, 0.6) is 0 Å². The van der Waals surface area contributed by atoms with Gasteiger partial charge in [0.15, 0.2) is 0 Å². The molecule has 0 spiro atoms. The van der Waals surface area contributed by atoms with Gasteiger partial charge < -0.3 is 4.90 Å². The molecule has 0 unspecified atom stereocenters. The molecule has 0 radical (unpaired) electrons. The summed E-state index contributed by atoms with van der Waals surface area (Å²) < 4.78 is 0. The topological polar surface area (TPSA) is 16.1 Å². The highest BCUT2D eigenvalue weighted by atomic mass is 35.5. The third kappa shape index (κ3) is 3.01. The first-order valence-corrected chi connectivity index (χ1v) is 7.51. The Morgan fingerprint density at radius 3 is 2.48 bits per heavy atom. The van der Waals surface area contributed by atoms with Crippen molar-refractivity contribution in [3.63, 3.8) is 0 Å². The fraction of sp³-hybridized carbons (Fsp3) is 0.167. The molecule has 0 atom stereocenters. The Kier molecular flexibility index (Phi) is 4.07. The third-order valence-electron chi connectivity index (χ3n) is 3.53. The number of alkyl halides is 1. The molecule has 0 bridgehead atoms. The zero-order valence-corrected chi connectivity index (χ0v) is 12.7. The quantitative estimate of drug-likeness (QED) is 0.654. The molecule has 21 heavy (non-hydrogen) atoms. The maximum Gasteiger partial charge on any atom is 0.136 e. The first kappa shape index (κ1) is 13.9. The summed E-state index contributed by atoms with van der Waals surface area (Å²) in [5.74, 6) is 1.41. The molecule has 1 heterocycles. The van der Waals surface area contributed by atoms with Gasteiger partial charge in [-0.15, -0.1) is 11.6 Å². The Labute approximate surface area is 130 Å². The maximum atomic E-state index is 5.98. The molecule has 0 N–H and O–H groups in total. The number of anilines is 1. The van der Waals surface area contributed by atoms with Gasteiger partial charge in [-0.1, -0.05) is 54.6 Å². The fourth-order valence-electron chi connectivity index (χ4n) is 2.53. The van der Waals surface area contributed by atoms with E-state index >= 15 is 0 Å². The van der Waals surface area contributed by atoms with Gasteiger partial charge in [-0.3, -0.25) is 0 Å². The van der Waals surface area contributed by atoms with Crippen LogP contribution in [0.4, 0.5) is 5.82 Å². The minimum atomic E-state index is 0.428. The van der Waals surface area contributed by atoms with Crippen molar-refractivity contribution >= 4 is 28.2 Å². The molecule has 3 heteroatoms. The molecule has 0 saturated heterocycles. The lowest BCUT2D eigenvalue weighted by molar-refractivity contribution is 0.898. The summed E-state index contributed by atoms with van der Waals surface area (Å²) in [6.45, 7) is 0.823. The predicted molar refractivity (Wildman–Crippen MR) is 89.8 cm³/mol. The van der Waals surface area contributed by atoms with E-state index in [9.17, 15) is 0 Å². The molecule has 0 fully saturated rings. The van der Waals surface area contributed by atoms with E-state index in [1.54, 1.807) is 0 Å². The standard InChI is InChI=1S/C18H17ClN2/c1-21(13-14-7-3-2-4-8-14)18-17-10-6-5-9-15(17)11-16(12-19)20-18/h2-11H,12-13H2,1H3. The second kappa shape index (κ2) is 6.15. The summed E-state index contributed by atoms with van der Waals surface area (Å²) >= 11 is 5.98. The van der Waals surface area contributed by atoms with Crippen LogP contribution in [0.2, 0.25) is 0 Å². The summed E-state index contributed by atoms with van der Waals surface area (Å²) in [4.78, 5) is 6.88. The van der Waals surface area contributed by atoms with Crippen LogP contribution in [0.1, 0.15) is 11.3 Å². The van der Waals surface area contributed by atoms with Crippen molar-refractivity contribution in [2.75, 3.05) is 11.9 Å². The van der Waals surface area contributed by atoms with E-state index in [4.69, 9.17) is 16.6 Å². The Morgan fingerprint density at radius 1 is 1.00 bits per heavy atom. The molecule has 2 aromatic carbocycles. The largest absolute Gasteiger partial charge is 0.355 e. The van der Waals surface area contributed by atoms with Gasteiger partial charge in [-0.2, -0.15) is 0 Å². The zero-order chi connectivity index (χ0) is 14.7. The van der Waals surface area contributed by atoms with Gasteiger partial charge in [-0.25, -0.2) is 4.98 Å². The van der Waals surface area contributed by atoms with Crippen LogP contribution in [-0.2, 0) is 12.4 Å². The third-order valence-corrected chi connectivity index (χ3v) is 3.81. The van der Waals surface area contributed by atoms with Crippen molar-refractivity contribution in [3.05, 3.63) is 71.9 Å². The highest BCUT2D eigenvalue weighted by Crippen LogP contribution is 2.26. The van der Waals surface area contributed by atoms with E-state index in [0.717, 1.165) is 23.4 Å². The molecule has 3 rings (SSSR count). The first-order valence-electron chi connectivity index (χ1n) is 6.97. The molecule has 3 aromatic rings. The van der Waals surface area contributed by atoms with E-state index in [1.165, 1.54) is 10.9 Å². The highest BCUT2D eigenvalue weighted by molar-refractivity contribution is 6.17. The molecule has 106 valence electrons. The van der Waals surface area contributed by atoms with Crippen molar-refractivity contribution < 1.29 is 0 Å². The summed E-state index contributed by atoms with van der Waals surface area (Å²) in [5.41, 5.74) is 2.17. The Bertz CT molecular complexity index is 741. The average Bonchev–Trinajstić information content (AvgIpc) is 2.54. The molecule has 1 aromatic heterocycles. The van der Waals surface area contributed by atoms with Crippen LogP contribution in [-0.4, -0.2) is 12.0 Å². The monoisotopic (exact) mass is 296 g/mol. The van der Waals surface area contributed by atoms with Crippen molar-refractivity contribution in [3.8, 4) is 0 Å². The van der Waals surface area contributed by atoms with Crippen LogP contribution in [0.15, 0.2) is 60.7 Å². The van der Waals surface area contributed by atoms with Gasteiger partial charge in [0.05, 0.1) is 11.6 Å². The number of fused-ring (bicyclic) bond motifs is 1. The van der Waals surface area contributed by atoms with E-state index in [2.05, 4.69) is 54.4 Å². The van der Waals surface area contributed by atoms with Crippen molar-refractivity contribution in [1.82, 2.24) is 4.98 Å². The number of aromatic nitrogens is 1. The van der Waals surface area contributed by atoms with Gasteiger partial charge in [0.1, 0.15) is 5.82 Å². The van der Waals surface area contributed by atoms with E-state index in [1.807, 2.05) is 18.2 Å². The summed E-state index contributed by atoms with van der Waals surface area (Å²) in [7, 11) is 2.07. The van der Waals surface area contributed by atoms with Crippen LogP contribution >= 0.6 is 11.6 Å². The Morgan fingerprint density at radius 2 is 1.71 bits per heavy atom. The van der Waals surface area contributed by atoms with Crippen molar-refractivity contribution in [1.29, 1.82) is 0 Å². The van der Waals surface area contributed by atoms with E-state index in [0.29, 0.717) is 5.88 Å². The lowest BCUT2D eigenvalue weighted by atomic mass is 10.1. The fourth-order valence-corrected chi connectivity index (χ4v) is 2.66. The second-order valence-corrected chi connectivity index (χ2v) is 5.40. The minimum Gasteiger partial charge on any atom is -0.355 e. The molecule has 0 aliphatic heterocycles. The lowest BCUT2D eigenvalue weighted by Gasteiger charge is -2.21. The second-order valence-electron chi connectivity index (χ2n) is 5.13. The molecule has 0 amide bonds. The molecule has 0 aliphatic rings. The zero-order valence-electron chi connectivity index (χ0n) is 12.0. The molecular formula is C18H17ClN2. The number of nitrogens with zero attached hydrogens (tertiary/aromatic N) is 2. The summed E-state index contributed by atoms with van der Waals surface area (Å²) in [6.07, 6.45) is 0. The van der Waals surface area contributed by atoms with Crippen molar-refractivity contribution in [2.24, 2.45) is 0 Å². The maximum absolute atomic E-state index is 5.98. The lowest BCUT2D eigenvalue weighted by Crippen LogP contribution is -2.18. The summed E-state index contributed by atoms with van der Waals surface area (Å²) in [5, 5.41) is 2.34. The van der Waals surface area contributed by atoms with Gasteiger partial charge in [0.2, 0.25) is 0 Å². The van der Waals surface area contributed by atoms with E-state index in [-0.39, 0.29) is 0 Å². The van der Waals surface area contributed by atoms with Gasteiger partial charge in [-0.05, 0) is 17.0 Å². The van der Waals surface area contributed by atoms with Gasteiger partial charge in [0, 0.05) is 19.0 Å². The number of pyridine rings is 1. The normalized spacial score (nSPS) is 10.8. The van der Waals surface area contributed by atoms with Crippen LogP contribution in [0.25, 0.3) is 10.8 Å². The van der Waals surface area contributed by atoms with Crippen molar-refractivity contribution in [2.45, 2.75) is 12.4 Å². The molecular weight excluding hydrogens is 280 g/mol. The van der Waals surface area contributed by atoms with Crippen LogP contribution < -0.4 is 4.90 Å². The smallest absolute Gasteiger partial charge is 0.136 e. The number of halogens is 1. The number of hydrogen-bond acceptors (Lipinski definition) is 2. The SMILES string of the molecule is CN(Cc1ccccc1)c1nc(CCl)cc2ccccc12. The highest BCUT2D eigenvalue weighted by Gasteiger charge is 2.10. The minimum absolute atomic E-state index is 0.428. The predicted octanol–water partition coefficient (Wildman–Crippen LogP) is 4.61. The number of hydrogen-bond donors (Lipinski definition) is 0. The first-order chi connectivity index (χ1) is 10.3. The summed E-state index contributed by atoms with van der Waals surface area (Å²) in [6, 6.07) is 20.8. The average molecular weight is 297 g/mol. The molecule has 0 aliphatic carbocycles. The van der Waals surface area contributed by atoms with Crippen LogP contribution in [0.3, 0.4) is 0 Å².